The number of carbonyl (C=O) groups excluding carboxylic acids is 1. The Morgan fingerprint density at radius 3 is 2.50 bits per heavy atom. The van der Waals surface area contributed by atoms with Gasteiger partial charge in [-0.1, -0.05) is 0 Å². The summed E-state index contributed by atoms with van der Waals surface area (Å²) in [5.74, 6) is 0.0910. The Labute approximate surface area is 167 Å². The Morgan fingerprint density at radius 2 is 1.92 bits per heavy atom. The number of rotatable bonds is 3. The summed E-state index contributed by atoms with van der Waals surface area (Å²) in [4.78, 5) is 18.7. The van der Waals surface area contributed by atoms with E-state index in [0.717, 1.165) is 19.6 Å². The molecule has 0 spiro atoms. The molecule has 0 bridgehead atoms. The minimum atomic E-state index is -3.51. The van der Waals surface area contributed by atoms with Crippen molar-refractivity contribution in [3.8, 4) is 0 Å². The zero-order valence-corrected chi connectivity index (χ0v) is 17.2. The fourth-order valence-electron chi connectivity index (χ4n) is 3.39. The molecule has 0 saturated carbocycles. The van der Waals surface area contributed by atoms with Crippen LogP contribution in [0.15, 0.2) is 29.4 Å². The number of amides is 1. The Bertz CT molecular complexity index is 682. The molecule has 1 unspecified atom stereocenters. The number of hydrogen-bond donors (Lipinski definition) is 1. The number of nitrogens with one attached hydrogen (secondary N) is 1. The zero-order valence-electron chi connectivity index (χ0n) is 14.7. The fraction of sp³-hybridized carbons (Fsp3) is 0.625. The predicted molar refractivity (Wildman–Crippen MR) is 104 cm³/mol. The van der Waals surface area contributed by atoms with Crippen LogP contribution in [0.5, 0.6) is 0 Å². The van der Waals surface area contributed by atoms with Gasteiger partial charge in [0.15, 0.2) is 0 Å². The lowest BCUT2D eigenvalue weighted by Crippen LogP contribution is -2.55. The van der Waals surface area contributed by atoms with Crippen molar-refractivity contribution in [2.24, 2.45) is 5.92 Å². The predicted octanol–water partition coefficient (Wildman–Crippen LogP) is 1.15. The maximum absolute atomic E-state index is 12.7. The van der Waals surface area contributed by atoms with Gasteiger partial charge in [-0.2, -0.15) is 4.31 Å². The van der Waals surface area contributed by atoms with Gasteiger partial charge in [0.2, 0.25) is 15.9 Å². The van der Waals surface area contributed by atoms with Crippen molar-refractivity contribution < 1.29 is 13.2 Å². The molecule has 1 atom stereocenters. The number of halogens is 2. The summed E-state index contributed by atoms with van der Waals surface area (Å²) >= 11 is 0. The second-order valence-electron chi connectivity index (χ2n) is 6.45. The van der Waals surface area contributed by atoms with Crippen LogP contribution >= 0.6 is 24.8 Å². The SMILES string of the molecule is CC1CNCCN1C(=O)C1CCN(S(=O)(=O)c2cccnc2)CC1.Cl.Cl. The van der Waals surface area contributed by atoms with Gasteiger partial charge in [-0.25, -0.2) is 8.42 Å². The van der Waals surface area contributed by atoms with Gasteiger partial charge in [-0.05, 0) is 31.9 Å². The molecule has 2 aliphatic rings. The van der Waals surface area contributed by atoms with E-state index in [2.05, 4.69) is 10.3 Å². The van der Waals surface area contributed by atoms with Crippen molar-refractivity contribution in [2.45, 2.75) is 30.7 Å². The fourth-order valence-corrected chi connectivity index (χ4v) is 4.83. The first-order chi connectivity index (χ1) is 11.5. The molecule has 2 aliphatic heterocycles. The van der Waals surface area contributed by atoms with E-state index in [1.165, 1.54) is 10.5 Å². The molecule has 7 nitrogen and oxygen atoms in total. The number of pyridine rings is 1. The lowest BCUT2D eigenvalue weighted by Gasteiger charge is -2.38. The second-order valence-corrected chi connectivity index (χ2v) is 8.39. The van der Waals surface area contributed by atoms with Gasteiger partial charge < -0.3 is 10.2 Å². The van der Waals surface area contributed by atoms with Crippen molar-refractivity contribution in [3.05, 3.63) is 24.5 Å². The van der Waals surface area contributed by atoms with Crippen LogP contribution in [0.1, 0.15) is 19.8 Å². The molecule has 0 radical (unpaired) electrons. The highest BCUT2D eigenvalue weighted by molar-refractivity contribution is 7.89. The van der Waals surface area contributed by atoms with Crippen LogP contribution < -0.4 is 5.32 Å². The summed E-state index contributed by atoms with van der Waals surface area (Å²) in [6, 6.07) is 3.38. The first-order valence-corrected chi connectivity index (χ1v) is 9.85. The van der Waals surface area contributed by atoms with E-state index in [1.807, 2.05) is 11.8 Å². The molecule has 26 heavy (non-hydrogen) atoms. The average Bonchev–Trinajstić information content (AvgIpc) is 2.62. The summed E-state index contributed by atoms with van der Waals surface area (Å²) < 4.78 is 26.7. The summed E-state index contributed by atoms with van der Waals surface area (Å²) in [5.41, 5.74) is 0. The summed E-state index contributed by atoms with van der Waals surface area (Å²) in [6.07, 6.45) is 4.08. The average molecular weight is 425 g/mol. The number of hydrogen-bond acceptors (Lipinski definition) is 5. The van der Waals surface area contributed by atoms with Gasteiger partial charge in [0, 0.05) is 57.1 Å². The van der Waals surface area contributed by atoms with Crippen molar-refractivity contribution in [2.75, 3.05) is 32.7 Å². The molecule has 2 saturated heterocycles. The van der Waals surface area contributed by atoms with Crippen LogP contribution in [-0.4, -0.2) is 67.3 Å². The maximum atomic E-state index is 12.7. The summed E-state index contributed by atoms with van der Waals surface area (Å²) in [5, 5.41) is 3.28. The highest BCUT2D eigenvalue weighted by Crippen LogP contribution is 2.25. The molecule has 1 amide bonds. The lowest BCUT2D eigenvalue weighted by molar-refractivity contribution is -0.139. The smallest absolute Gasteiger partial charge is 0.244 e. The summed E-state index contributed by atoms with van der Waals surface area (Å²) in [6.45, 7) is 5.19. The second kappa shape index (κ2) is 9.85. The van der Waals surface area contributed by atoms with E-state index in [4.69, 9.17) is 0 Å². The number of carbonyl (C=O) groups is 1. The molecule has 3 heterocycles. The maximum Gasteiger partial charge on any atom is 0.244 e. The number of piperidine rings is 1. The van der Waals surface area contributed by atoms with Gasteiger partial charge in [-0.3, -0.25) is 9.78 Å². The van der Waals surface area contributed by atoms with Crippen LogP contribution in [-0.2, 0) is 14.8 Å². The van der Waals surface area contributed by atoms with E-state index in [1.54, 1.807) is 18.3 Å². The van der Waals surface area contributed by atoms with Crippen molar-refractivity contribution >= 4 is 40.7 Å². The van der Waals surface area contributed by atoms with Gasteiger partial charge in [-0.15, -0.1) is 24.8 Å². The highest BCUT2D eigenvalue weighted by atomic mass is 35.5. The molecule has 0 aliphatic carbocycles. The third-order valence-electron chi connectivity index (χ3n) is 4.86. The summed E-state index contributed by atoms with van der Waals surface area (Å²) in [7, 11) is -3.51. The molecule has 2 fully saturated rings. The van der Waals surface area contributed by atoms with Crippen LogP contribution in [0.2, 0.25) is 0 Å². The number of piperazine rings is 1. The molecule has 10 heteroatoms. The third kappa shape index (κ3) is 4.86. The monoisotopic (exact) mass is 424 g/mol. The van der Waals surface area contributed by atoms with Crippen LogP contribution in [0.3, 0.4) is 0 Å². The minimum Gasteiger partial charge on any atom is -0.337 e. The van der Waals surface area contributed by atoms with E-state index < -0.39 is 10.0 Å². The van der Waals surface area contributed by atoms with Gasteiger partial charge in [0.05, 0.1) is 0 Å². The van der Waals surface area contributed by atoms with E-state index >= 15 is 0 Å². The van der Waals surface area contributed by atoms with Gasteiger partial charge in [0.25, 0.3) is 0 Å². The van der Waals surface area contributed by atoms with E-state index in [9.17, 15) is 13.2 Å². The van der Waals surface area contributed by atoms with Crippen LogP contribution in [0.4, 0.5) is 0 Å². The Hall–Kier alpha value is -0.930. The Kier molecular flexibility index (Phi) is 8.75. The largest absolute Gasteiger partial charge is 0.337 e. The standard InChI is InChI=1S/C16H24N4O3S.2ClH/c1-13-11-18-7-10-20(13)16(21)14-4-8-19(9-5-14)24(22,23)15-3-2-6-17-12-15;;/h2-3,6,12-14,18H,4-5,7-11H2,1H3;2*1H. The van der Waals surface area contributed by atoms with E-state index in [-0.39, 0.29) is 47.6 Å². The molecule has 148 valence electrons. The Morgan fingerprint density at radius 1 is 1.23 bits per heavy atom. The Balaban J connectivity index is 0.00000169. The van der Waals surface area contributed by atoms with Gasteiger partial charge in [0.1, 0.15) is 4.90 Å². The van der Waals surface area contributed by atoms with E-state index in [0.29, 0.717) is 25.9 Å². The molecule has 1 aromatic rings. The number of sulfonamides is 1. The molecule has 3 rings (SSSR count). The van der Waals surface area contributed by atoms with Crippen LogP contribution in [0, 0.1) is 5.92 Å². The number of aromatic nitrogens is 1. The number of nitrogens with zero attached hydrogens (tertiary/aromatic N) is 3. The molecule has 1 aromatic heterocycles. The third-order valence-corrected chi connectivity index (χ3v) is 6.74. The quantitative estimate of drug-likeness (QED) is 0.786. The van der Waals surface area contributed by atoms with Crippen molar-refractivity contribution in [3.63, 3.8) is 0 Å². The highest BCUT2D eigenvalue weighted by Gasteiger charge is 2.35. The first-order valence-electron chi connectivity index (χ1n) is 8.41. The molecule has 1 N–H and O–H groups in total. The lowest BCUT2D eigenvalue weighted by atomic mass is 9.95. The molecular formula is C16H26Cl2N4O3S. The van der Waals surface area contributed by atoms with Gasteiger partial charge >= 0.3 is 0 Å². The van der Waals surface area contributed by atoms with Crippen molar-refractivity contribution in [1.29, 1.82) is 0 Å². The van der Waals surface area contributed by atoms with Crippen molar-refractivity contribution in [1.82, 2.24) is 19.5 Å². The van der Waals surface area contributed by atoms with Crippen LogP contribution in [0.25, 0.3) is 0 Å². The minimum absolute atomic E-state index is 0. The normalized spacial score (nSPS) is 22.2. The molecular weight excluding hydrogens is 399 g/mol. The topological polar surface area (TPSA) is 82.6 Å². The first kappa shape index (κ1) is 23.1. The zero-order chi connectivity index (χ0) is 17.2. The molecule has 0 aromatic carbocycles.